The minimum atomic E-state index is 0.107. The lowest BCUT2D eigenvalue weighted by molar-refractivity contribution is -0.126. The van der Waals surface area contributed by atoms with Gasteiger partial charge in [0.25, 0.3) is 0 Å². The first kappa shape index (κ1) is 13.6. The zero-order valence-corrected chi connectivity index (χ0v) is 11.9. The number of nitrogens with one attached hydrogen (secondary N) is 1. The van der Waals surface area contributed by atoms with Crippen LogP contribution in [0.4, 0.5) is 0 Å². The highest BCUT2D eigenvalue weighted by Gasteiger charge is 2.32. The molecule has 3 atom stereocenters. The lowest BCUT2D eigenvalue weighted by Crippen LogP contribution is -2.36. The third-order valence-corrected chi connectivity index (χ3v) is 5.03. The molecule has 0 bridgehead atoms. The molecule has 0 radical (unpaired) electrons. The fraction of sp³-hybridized carbons (Fsp3) is 0.643. The molecule has 0 aromatic carbocycles. The average molecular weight is 266 g/mol. The van der Waals surface area contributed by atoms with Gasteiger partial charge in [-0.25, -0.2) is 0 Å². The third-order valence-electron chi connectivity index (χ3n) is 3.85. The number of rotatable bonds is 4. The monoisotopic (exact) mass is 266 g/mol. The first-order chi connectivity index (χ1) is 8.61. The van der Waals surface area contributed by atoms with E-state index >= 15 is 0 Å². The second-order valence-electron chi connectivity index (χ2n) is 5.21. The number of aryl methyl sites for hydroxylation is 1. The van der Waals surface area contributed by atoms with E-state index in [9.17, 15) is 4.79 Å². The van der Waals surface area contributed by atoms with E-state index in [1.54, 1.807) is 11.3 Å². The smallest absolute Gasteiger partial charge is 0.223 e. The zero-order valence-electron chi connectivity index (χ0n) is 11.1. The summed E-state index contributed by atoms with van der Waals surface area (Å²) in [5, 5.41) is 3.13. The zero-order chi connectivity index (χ0) is 13.1. The van der Waals surface area contributed by atoms with Crippen LogP contribution in [-0.2, 0) is 4.79 Å². The van der Waals surface area contributed by atoms with E-state index < -0.39 is 0 Å². The average Bonchev–Trinajstić information content (AvgIpc) is 2.96. The van der Waals surface area contributed by atoms with Crippen molar-refractivity contribution in [2.75, 3.05) is 6.54 Å². The number of nitrogens with two attached hydrogens (primary N) is 1. The number of hydrogen-bond acceptors (Lipinski definition) is 3. The minimum Gasteiger partial charge on any atom is -0.349 e. The largest absolute Gasteiger partial charge is 0.349 e. The van der Waals surface area contributed by atoms with E-state index in [0.29, 0.717) is 12.5 Å². The van der Waals surface area contributed by atoms with Gasteiger partial charge in [-0.3, -0.25) is 4.79 Å². The van der Waals surface area contributed by atoms with Crippen molar-refractivity contribution in [3.63, 3.8) is 0 Å². The van der Waals surface area contributed by atoms with Gasteiger partial charge in [0.15, 0.2) is 0 Å². The van der Waals surface area contributed by atoms with Crippen LogP contribution < -0.4 is 11.1 Å². The van der Waals surface area contributed by atoms with E-state index in [1.807, 2.05) is 0 Å². The van der Waals surface area contributed by atoms with Gasteiger partial charge in [0.05, 0.1) is 6.04 Å². The number of carbonyl (C=O) groups excluding carboxylic acids is 1. The van der Waals surface area contributed by atoms with E-state index in [0.717, 1.165) is 19.3 Å². The molecule has 3 nitrogen and oxygen atoms in total. The Hall–Kier alpha value is -0.870. The van der Waals surface area contributed by atoms with E-state index in [1.165, 1.54) is 9.75 Å². The van der Waals surface area contributed by atoms with Crippen LogP contribution >= 0.6 is 11.3 Å². The molecule has 1 saturated carbocycles. The van der Waals surface area contributed by atoms with Crippen molar-refractivity contribution in [2.24, 2.45) is 17.6 Å². The van der Waals surface area contributed by atoms with Crippen LogP contribution in [-0.4, -0.2) is 12.5 Å². The van der Waals surface area contributed by atoms with Gasteiger partial charge in [0, 0.05) is 15.7 Å². The molecule has 1 amide bonds. The summed E-state index contributed by atoms with van der Waals surface area (Å²) in [5.41, 5.74) is 5.73. The van der Waals surface area contributed by atoms with Crippen molar-refractivity contribution in [2.45, 2.75) is 39.2 Å². The molecule has 100 valence electrons. The molecule has 1 aliphatic rings. The molecule has 3 unspecified atom stereocenters. The fourth-order valence-electron chi connectivity index (χ4n) is 2.74. The van der Waals surface area contributed by atoms with Crippen LogP contribution in [0.1, 0.15) is 42.0 Å². The summed E-state index contributed by atoms with van der Waals surface area (Å²) >= 11 is 1.75. The fourth-order valence-corrected chi connectivity index (χ4v) is 3.62. The number of hydrogen-bond donors (Lipinski definition) is 2. The van der Waals surface area contributed by atoms with Crippen molar-refractivity contribution in [1.82, 2.24) is 5.32 Å². The van der Waals surface area contributed by atoms with Gasteiger partial charge in [-0.1, -0.05) is 6.42 Å². The maximum Gasteiger partial charge on any atom is 0.223 e. The van der Waals surface area contributed by atoms with Crippen LogP contribution in [0.15, 0.2) is 12.1 Å². The van der Waals surface area contributed by atoms with E-state index in [2.05, 4.69) is 31.3 Å². The lowest BCUT2D eigenvalue weighted by atomic mass is 9.95. The van der Waals surface area contributed by atoms with Gasteiger partial charge >= 0.3 is 0 Å². The molecule has 3 N–H and O–H groups in total. The molecular weight excluding hydrogens is 244 g/mol. The Morgan fingerprint density at radius 3 is 2.94 bits per heavy atom. The summed E-state index contributed by atoms with van der Waals surface area (Å²) in [6, 6.07) is 4.30. The van der Waals surface area contributed by atoms with Crippen LogP contribution in [0.3, 0.4) is 0 Å². The quantitative estimate of drug-likeness (QED) is 0.880. The summed E-state index contributed by atoms with van der Waals surface area (Å²) in [6.07, 6.45) is 3.22. The first-order valence-electron chi connectivity index (χ1n) is 6.68. The molecular formula is C14H22N2OS. The Kier molecular flexibility index (Phi) is 4.40. The Morgan fingerprint density at radius 1 is 1.56 bits per heavy atom. The van der Waals surface area contributed by atoms with Crippen molar-refractivity contribution in [1.29, 1.82) is 0 Å². The summed E-state index contributed by atoms with van der Waals surface area (Å²) in [5.74, 6) is 0.683. The molecule has 1 aromatic rings. The molecule has 4 heteroatoms. The SMILES string of the molecule is Cc1ccc(C(C)NC(=O)C2CCCC2CN)s1. The first-order valence-corrected chi connectivity index (χ1v) is 7.50. The van der Waals surface area contributed by atoms with Gasteiger partial charge in [-0.15, -0.1) is 11.3 Å². The number of carbonyl (C=O) groups is 1. The van der Waals surface area contributed by atoms with E-state index in [4.69, 9.17) is 5.73 Å². The highest BCUT2D eigenvalue weighted by molar-refractivity contribution is 7.12. The Labute approximate surface area is 113 Å². The normalized spacial score (nSPS) is 25.1. The van der Waals surface area contributed by atoms with Crippen LogP contribution in [0, 0.1) is 18.8 Å². The Morgan fingerprint density at radius 2 is 2.33 bits per heavy atom. The lowest BCUT2D eigenvalue weighted by Gasteiger charge is -2.20. The van der Waals surface area contributed by atoms with Gasteiger partial charge in [-0.2, -0.15) is 0 Å². The number of amides is 1. The summed E-state index contributed by atoms with van der Waals surface area (Å²) in [6.45, 7) is 4.77. The molecule has 1 heterocycles. The van der Waals surface area contributed by atoms with Gasteiger partial charge < -0.3 is 11.1 Å². The predicted molar refractivity (Wildman–Crippen MR) is 75.5 cm³/mol. The minimum absolute atomic E-state index is 0.107. The standard InChI is InChI=1S/C14H22N2OS/c1-9-6-7-13(18-9)10(2)16-14(17)12-5-3-4-11(12)8-15/h6-7,10-12H,3-5,8,15H2,1-2H3,(H,16,17). The number of thiophene rings is 1. The molecule has 0 spiro atoms. The predicted octanol–water partition coefficient (Wildman–Crippen LogP) is 2.61. The van der Waals surface area contributed by atoms with Crippen LogP contribution in [0.2, 0.25) is 0 Å². The Balaban J connectivity index is 1.94. The maximum absolute atomic E-state index is 12.2. The van der Waals surface area contributed by atoms with Crippen LogP contribution in [0.5, 0.6) is 0 Å². The summed E-state index contributed by atoms with van der Waals surface area (Å²) < 4.78 is 0. The third kappa shape index (κ3) is 2.93. The van der Waals surface area contributed by atoms with Crippen molar-refractivity contribution >= 4 is 17.2 Å². The molecule has 18 heavy (non-hydrogen) atoms. The second kappa shape index (κ2) is 5.85. The highest BCUT2D eigenvalue weighted by atomic mass is 32.1. The van der Waals surface area contributed by atoms with Gasteiger partial charge in [0.1, 0.15) is 0 Å². The Bertz CT molecular complexity index is 416. The van der Waals surface area contributed by atoms with Crippen LogP contribution in [0.25, 0.3) is 0 Å². The second-order valence-corrected chi connectivity index (χ2v) is 6.53. The van der Waals surface area contributed by atoms with Gasteiger partial charge in [0.2, 0.25) is 5.91 Å². The molecule has 1 fully saturated rings. The van der Waals surface area contributed by atoms with Crippen molar-refractivity contribution in [3.05, 3.63) is 21.9 Å². The highest BCUT2D eigenvalue weighted by Crippen LogP contribution is 2.32. The van der Waals surface area contributed by atoms with Crippen molar-refractivity contribution < 1.29 is 4.79 Å². The summed E-state index contributed by atoms with van der Waals surface area (Å²) in [7, 11) is 0. The van der Waals surface area contributed by atoms with Crippen molar-refractivity contribution in [3.8, 4) is 0 Å². The molecule has 0 aliphatic heterocycles. The van der Waals surface area contributed by atoms with Gasteiger partial charge in [-0.05, 0) is 51.3 Å². The molecule has 0 saturated heterocycles. The molecule has 2 rings (SSSR count). The van der Waals surface area contributed by atoms with E-state index in [-0.39, 0.29) is 17.9 Å². The maximum atomic E-state index is 12.2. The molecule has 1 aliphatic carbocycles. The molecule has 1 aromatic heterocycles. The summed E-state index contributed by atoms with van der Waals surface area (Å²) in [4.78, 5) is 14.8. The topological polar surface area (TPSA) is 55.1 Å².